The van der Waals surface area contributed by atoms with Crippen molar-refractivity contribution in [2.75, 3.05) is 6.61 Å². The summed E-state index contributed by atoms with van der Waals surface area (Å²) in [5.74, 6) is -3.64. The van der Waals surface area contributed by atoms with Gasteiger partial charge < -0.3 is 35.0 Å². The fourth-order valence-corrected chi connectivity index (χ4v) is 3.81. The second-order valence-corrected chi connectivity index (χ2v) is 11.7. The van der Waals surface area contributed by atoms with Gasteiger partial charge >= 0.3 is 29.8 Å². The molecule has 0 spiro atoms. The molecule has 0 aliphatic rings. The van der Waals surface area contributed by atoms with Gasteiger partial charge in [-0.15, -0.1) is 0 Å². The van der Waals surface area contributed by atoms with Crippen LogP contribution in [0.15, 0.2) is 184 Å². The summed E-state index contributed by atoms with van der Waals surface area (Å²) < 4.78 is 9.57. The molecule has 0 bridgehead atoms. The van der Waals surface area contributed by atoms with E-state index in [1.807, 2.05) is 133 Å². The molecule has 5 N–H and O–H groups in total. The van der Waals surface area contributed by atoms with Crippen LogP contribution in [0.2, 0.25) is 0 Å². The van der Waals surface area contributed by atoms with Crippen LogP contribution >= 0.6 is 0 Å². The average Bonchev–Trinajstić information content (AvgIpc) is 3.28. The van der Waals surface area contributed by atoms with E-state index in [-0.39, 0.29) is 12.6 Å². The van der Waals surface area contributed by atoms with Gasteiger partial charge in [0.2, 0.25) is 0 Å². The van der Waals surface area contributed by atoms with Crippen molar-refractivity contribution in [1.29, 1.82) is 0 Å². The second kappa shape index (κ2) is 40.1. The summed E-state index contributed by atoms with van der Waals surface area (Å²) in [5, 5.41) is 40.2. The summed E-state index contributed by atoms with van der Waals surface area (Å²) in [5.41, 5.74) is 3.92. The van der Waals surface area contributed by atoms with Gasteiger partial charge in [0.05, 0.1) is 6.26 Å². The summed E-state index contributed by atoms with van der Waals surface area (Å²) in [7, 11) is 0. The number of hydrogen-bond donors (Lipinski definition) is 5. The Bertz CT molecular complexity index is 1930. The summed E-state index contributed by atoms with van der Waals surface area (Å²) >= 11 is 0. The van der Waals surface area contributed by atoms with Gasteiger partial charge in [-0.3, -0.25) is 0 Å². The number of benzene rings is 4. The van der Waals surface area contributed by atoms with Gasteiger partial charge in [0.15, 0.2) is 6.29 Å². The van der Waals surface area contributed by atoms with Crippen LogP contribution < -0.4 is 0 Å². The molecule has 0 fully saturated rings. The molecule has 62 heavy (non-hydrogen) atoms. The van der Waals surface area contributed by atoms with E-state index in [2.05, 4.69) is 31.4 Å². The van der Waals surface area contributed by atoms with Crippen molar-refractivity contribution in [3.8, 4) is 0 Å². The lowest BCUT2D eigenvalue weighted by molar-refractivity contribution is -0.136. The highest BCUT2D eigenvalue weighted by Crippen LogP contribution is 2.04. The first kappa shape index (κ1) is 56.4. The molecular formula is C50H56O12. The predicted molar refractivity (Wildman–Crippen MR) is 245 cm³/mol. The van der Waals surface area contributed by atoms with Gasteiger partial charge in [0.25, 0.3) is 0 Å². The smallest absolute Gasteiger partial charge is 0.335 e. The van der Waals surface area contributed by atoms with Gasteiger partial charge in [0.1, 0.15) is 6.61 Å². The van der Waals surface area contributed by atoms with E-state index in [9.17, 15) is 24.0 Å². The van der Waals surface area contributed by atoms with Crippen LogP contribution in [-0.2, 0) is 33.4 Å². The van der Waals surface area contributed by atoms with Crippen LogP contribution in [0, 0.1) is 0 Å². The van der Waals surface area contributed by atoms with Crippen LogP contribution in [0.1, 0.15) is 54.9 Å². The lowest BCUT2D eigenvalue weighted by Gasteiger charge is -1.99. The van der Waals surface area contributed by atoms with Crippen LogP contribution in [0.5, 0.6) is 0 Å². The standard InChI is InChI=1S/C18H16O2.C11H10O2.C9H8O2.C6H14O2.2C3H4O2/c19-18(14-13-17-10-5-2-6-11-17)20-15-7-12-16-8-3-1-4-9-16;1-2-13-11(12)9-8-10-6-4-3-5-7-10;10-9(11)7-6-8-4-2-1-3-5-8;1-2-3-4-5-6(7)8;2*1-2-3(4)5/h1-14H,15H2;2-9H,1H2;1-7H,(H,10,11);6-8H,2-5H2,1H3;2*2H,1H2,(H,4,5). The molecule has 0 atom stereocenters. The molecule has 0 unspecified atom stereocenters. The fraction of sp³-hybridized carbons (Fsp3) is 0.140. The first-order valence-electron chi connectivity index (χ1n) is 19.0. The summed E-state index contributed by atoms with van der Waals surface area (Å²) in [6.45, 7) is 11.6. The Morgan fingerprint density at radius 1 is 0.532 bits per heavy atom. The number of carboxylic acid groups (broad SMARTS) is 3. The molecule has 4 rings (SSSR count). The first-order chi connectivity index (χ1) is 29.8. The molecule has 0 radical (unpaired) electrons. The number of carbonyl (C=O) groups excluding carboxylic acids is 2. The molecule has 328 valence electrons. The molecule has 4 aromatic carbocycles. The number of aliphatic hydroxyl groups excluding tert-OH is 1. The molecule has 0 aliphatic carbocycles. The third-order valence-corrected chi connectivity index (χ3v) is 6.69. The highest BCUT2D eigenvalue weighted by atomic mass is 16.5. The Hall–Kier alpha value is -7.67. The summed E-state index contributed by atoms with van der Waals surface area (Å²) in [6.07, 6.45) is 18.0. The second-order valence-electron chi connectivity index (χ2n) is 11.7. The van der Waals surface area contributed by atoms with Gasteiger partial charge in [0, 0.05) is 30.4 Å². The minimum atomic E-state index is -1.10. The Morgan fingerprint density at radius 3 is 1.21 bits per heavy atom. The zero-order valence-electron chi connectivity index (χ0n) is 34.7. The Kier molecular flexibility index (Phi) is 36.5. The van der Waals surface area contributed by atoms with Crippen molar-refractivity contribution in [1.82, 2.24) is 0 Å². The van der Waals surface area contributed by atoms with E-state index >= 15 is 0 Å². The monoisotopic (exact) mass is 848 g/mol. The van der Waals surface area contributed by atoms with Crippen molar-refractivity contribution < 1.29 is 59.0 Å². The number of aliphatic hydroxyl groups is 2. The number of hydrogen-bond acceptors (Lipinski definition) is 9. The third-order valence-electron chi connectivity index (χ3n) is 6.69. The van der Waals surface area contributed by atoms with Crippen molar-refractivity contribution in [2.24, 2.45) is 0 Å². The van der Waals surface area contributed by atoms with Crippen LogP contribution in [-0.4, -0.2) is 68.3 Å². The number of carbonyl (C=O) groups is 5. The Labute approximate surface area is 363 Å². The number of unbranched alkanes of at least 4 members (excludes halogenated alkanes) is 2. The first-order valence-corrected chi connectivity index (χ1v) is 19.0. The van der Waals surface area contributed by atoms with Gasteiger partial charge in [-0.05, 0) is 59.4 Å². The normalized spacial score (nSPS) is 9.81. The molecule has 0 aromatic heterocycles. The zero-order chi connectivity index (χ0) is 46.6. The molecule has 4 aromatic rings. The molecule has 0 amide bonds. The van der Waals surface area contributed by atoms with Crippen LogP contribution in [0.25, 0.3) is 24.3 Å². The van der Waals surface area contributed by atoms with E-state index < -0.39 is 30.2 Å². The highest BCUT2D eigenvalue weighted by molar-refractivity contribution is 5.88. The van der Waals surface area contributed by atoms with E-state index in [1.165, 1.54) is 12.2 Å². The van der Waals surface area contributed by atoms with Crippen LogP contribution in [0.3, 0.4) is 0 Å². The van der Waals surface area contributed by atoms with Crippen molar-refractivity contribution in [2.45, 2.75) is 38.9 Å². The molecule has 12 nitrogen and oxygen atoms in total. The lowest BCUT2D eigenvalue weighted by atomic mass is 10.2. The molecule has 0 heterocycles. The van der Waals surface area contributed by atoms with Crippen molar-refractivity contribution >= 4 is 54.2 Å². The Balaban J connectivity index is 0. The van der Waals surface area contributed by atoms with Crippen molar-refractivity contribution in [3.63, 3.8) is 0 Å². The maximum absolute atomic E-state index is 11.5. The van der Waals surface area contributed by atoms with E-state index in [1.54, 1.807) is 18.2 Å². The largest absolute Gasteiger partial charge is 0.478 e. The van der Waals surface area contributed by atoms with E-state index in [4.69, 9.17) is 30.3 Å². The number of ether oxygens (including phenoxy) is 2. The highest BCUT2D eigenvalue weighted by Gasteiger charge is 1.95. The van der Waals surface area contributed by atoms with Crippen molar-refractivity contribution in [3.05, 3.63) is 206 Å². The van der Waals surface area contributed by atoms with Gasteiger partial charge in [-0.1, -0.05) is 167 Å². The van der Waals surface area contributed by atoms with Crippen LogP contribution in [0.4, 0.5) is 0 Å². The quantitative estimate of drug-likeness (QED) is 0.0235. The average molecular weight is 849 g/mol. The minimum absolute atomic E-state index is 0.271. The third kappa shape index (κ3) is 40.5. The summed E-state index contributed by atoms with van der Waals surface area (Å²) in [4.78, 5) is 50.9. The molecular weight excluding hydrogens is 793 g/mol. The number of carboxylic acids is 3. The molecule has 0 aliphatic heterocycles. The lowest BCUT2D eigenvalue weighted by Crippen LogP contribution is -2.02. The van der Waals surface area contributed by atoms with E-state index in [0.717, 1.165) is 66.0 Å². The Morgan fingerprint density at radius 2 is 0.887 bits per heavy atom. The number of aliphatic carboxylic acids is 3. The SMILES string of the molecule is C=CC(=O)O.C=CC(=O)O.C=COC(=O)C=Cc1ccccc1.CCCCCC(O)O.O=C(C=Cc1ccccc1)OCC=Cc1ccccc1.O=C(O)C=Cc1ccccc1. The minimum Gasteiger partial charge on any atom is -0.478 e. The number of rotatable bonds is 16. The zero-order valence-corrected chi connectivity index (χ0v) is 34.7. The van der Waals surface area contributed by atoms with Gasteiger partial charge in [-0.2, -0.15) is 0 Å². The molecule has 12 heteroatoms. The molecule has 0 saturated carbocycles. The number of esters is 2. The fourth-order valence-electron chi connectivity index (χ4n) is 3.81. The van der Waals surface area contributed by atoms with Gasteiger partial charge in [-0.25, -0.2) is 24.0 Å². The maximum atomic E-state index is 11.5. The summed E-state index contributed by atoms with van der Waals surface area (Å²) in [6, 6.07) is 38.4. The predicted octanol–water partition coefficient (Wildman–Crippen LogP) is 9.52. The van der Waals surface area contributed by atoms with E-state index in [0.29, 0.717) is 6.42 Å². The topological polar surface area (TPSA) is 205 Å². The molecule has 0 saturated heterocycles. The maximum Gasteiger partial charge on any atom is 0.335 e.